The third-order valence-electron chi connectivity index (χ3n) is 4.75. The van der Waals surface area contributed by atoms with Crippen molar-refractivity contribution < 1.29 is 31.9 Å². The molecule has 0 atom stereocenters. The summed E-state index contributed by atoms with van der Waals surface area (Å²) in [5, 5.41) is 2.64. The monoisotopic (exact) mass is 450 g/mol. The predicted molar refractivity (Wildman–Crippen MR) is 111 cm³/mol. The van der Waals surface area contributed by atoms with E-state index >= 15 is 0 Å². The van der Waals surface area contributed by atoms with Crippen LogP contribution in [-0.2, 0) is 24.3 Å². The van der Waals surface area contributed by atoms with Gasteiger partial charge in [0.05, 0.1) is 18.8 Å². The molecule has 31 heavy (non-hydrogen) atoms. The Labute approximate surface area is 180 Å². The van der Waals surface area contributed by atoms with E-state index in [1.54, 1.807) is 6.07 Å². The smallest absolute Gasteiger partial charge is 0.338 e. The quantitative estimate of drug-likeness (QED) is 0.678. The zero-order valence-corrected chi connectivity index (χ0v) is 18.0. The molecule has 10 heteroatoms. The molecule has 8 nitrogen and oxygen atoms in total. The molecule has 1 fully saturated rings. The van der Waals surface area contributed by atoms with Gasteiger partial charge in [0, 0.05) is 18.8 Å². The summed E-state index contributed by atoms with van der Waals surface area (Å²) < 4.78 is 50.9. The average molecular weight is 450 g/mol. The van der Waals surface area contributed by atoms with Crippen molar-refractivity contribution in [3.05, 3.63) is 58.9 Å². The maximum Gasteiger partial charge on any atom is 0.338 e. The number of rotatable bonds is 6. The minimum absolute atomic E-state index is 0.0923. The molecule has 1 saturated heterocycles. The Bertz CT molecular complexity index is 1100. The normalized spacial score (nSPS) is 14.8. The van der Waals surface area contributed by atoms with E-state index in [4.69, 9.17) is 9.47 Å². The van der Waals surface area contributed by atoms with Crippen LogP contribution in [0.5, 0.6) is 0 Å². The van der Waals surface area contributed by atoms with Crippen LogP contribution >= 0.6 is 0 Å². The molecule has 166 valence electrons. The highest BCUT2D eigenvalue weighted by Crippen LogP contribution is 2.22. The molecule has 1 heterocycles. The van der Waals surface area contributed by atoms with Gasteiger partial charge in [-0.1, -0.05) is 17.7 Å². The molecule has 1 aliphatic rings. The molecule has 0 bridgehead atoms. The first-order valence-corrected chi connectivity index (χ1v) is 11.0. The number of benzene rings is 2. The van der Waals surface area contributed by atoms with Crippen LogP contribution in [0.4, 0.5) is 10.1 Å². The Hall–Kier alpha value is -2.82. The molecule has 1 amide bonds. The summed E-state index contributed by atoms with van der Waals surface area (Å²) in [7, 11) is -4.14. The zero-order chi connectivity index (χ0) is 22.6. The summed E-state index contributed by atoms with van der Waals surface area (Å²) in [4.78, 5) is 23.8. The summed E-state index contributed by atoms with van der Waals surface area (Å²) in [6, 6.07) is 8.40. The highest BCUT2D eigenvalue weighted by molar-refractivity contribution is 7.89. The first kappa shape index (κ1) is 22.9. The second-order valence-corrected chi connectivity index (χ2v) is 9.01. The molecule has 1 N–H and O–H groups in total. The molecule has 1 aliphatic heterocycles. The van der Waals surface area contributed by atoms with Gasteiger partial charge in [0.25, 0.3) is 5.91 Å². The molecule has 2 aromatic rings. The number of anilines is 1. The lowest BCUT2D eigenvalue weighted by atomic mass is 10.1. The van der Waals surface area contributed by atoms with Gasteiger partial charge in [0.1, 0.15) is 10.7 Å². The standard InChI is InChI=1S/C21H23FN2O6S/c1-14-3-6-18(15(2)11-14)23-20(25)13-30-21(26)16-4-5-17(22)19(12-16)31(27,28)24-7-9-29-10-8-24/h3-6,11-12H,7-10,13H2,1-2H3,(H,23,25). The van der Waals surface area contributed by atoms with Crippen molar-refractivity contribution >= 4 is 27.6 Å². The largest absolute Gasteiger partial charge is 0.452 e. The Morgan fingerprint density at radius 2 is 1.84 bits per heavy atom. The number of hydrogen-bond donors (Lipinski definition) is 1. The molecule has 0 saturated carbocycles. The molecule has 0 radical (unpaired) electrons. The number of morpholine rings is 1. The summed E-state index contributed by atoms with van der Waals surface area (Å²) in [5.41, 5.74) is 2.32. The number of sulfonamides is 1. The lowest BCUT2D eigenvalue weighted by Gasteiger charge is -2.26. The minimum Gasteiger partial charge on any atom is -0.452 e. The van der Waals surface area contributed by atoms with Gasteiger partial charge in [-0.2, -0.15) is 4.31 Å². The van der Waals surface area contributed by atoms with Gasteiger partial charge in [-0.15, -0.1) is 0 Å². The maximum absolute atomic E-state index is 14.3. The zero-order valence-electron chi connectivity index (χ0n) is 17.2. The van der Waals surface area contributed by atoms with Crippen LogP contribution in [-0.4, -0.2) is 57.5 Å². The first-order chi connectivity index (χ1) is 14.7. The minimum atomic E-state index is -4.14. The second-order valence-electron chi connectivity index (χ2n) is 7.10. The van der Waals surface area contributed by atoms with Crippen LogP contribution in [0.2, 0.25) is 0 Å². The topological polar surface area (TPSA) is 102 Å². The van der Waals surface area contributed by atoms with Crippen LogP contribution in [0, 0.1) is 19.7 Å². The van der Waals surface area contributed by atoms with Crippen molar-refractivity contribution in [2.24, 2.45) is 0 Å². The van der Waals surface area contributed by atoms with Crippen LogP contribution in [0.1, 0.15) is 21.5 Å². The number of carbonyl (C=O) groups is 2. The average Bonchev–Trinajstić information content (AvgIpc) is 2.75. The fourth-order valence-corrected chi connectivity index (χ4v) is 4.61. The number of hydrogen-bond acceptors (Lipinski definition) is 6. The van der Waals surface area contributed by atoms with E-state index in [0.717, 1.165) is 33.6 Å². The molecule has 0 aliphatic carbocycles. The van der Waals surface area contributed by atoms with E-state index in [1.165, 1.54) is 0 Å². The summed E-state index contributed by atoms with van der Waals surface area (Å²) in [6.07, 6.45) is 0. The molecule has 0 aromatic heterocycles. The lowest BCUT2D eigenvalue weighted by Crippen LogP contribution is -2.41. The molecule has 0 unspecified atom stereocenters. The molecular weight excluding hydrogens is 427 g/mol. The number of amides is 1. The fourth-order valence-electron chi connectivity index (χ4n) is 3.11. The number of halogens is 1. The van der Waals surface area contributed by atoms with Crippen LogP contribution in [0.15, 0.2) is 41.3 Å². The number of nitrogens with one attached hydrogen (secondary N) is 1. The van der Waals surface area contributed by atoms with E-state index in [1.807, 2.05) is 26.0 Å². The third kappa shape index (κ3) is 5.46. The van der Waals surface area contributed by atoms with Crippen molar-refractivity contribution in [1.82, 2.24) is 4.31 Å². The van der Waals surface area contributed by atoms with Crippen LogP contribution in [0.3, 0.4) is 0 Å². The van der Waals surface area contributed by atoms with Gasteiger partial charge < -0.3 is 14.8 Å². The van der Waals surface area contributed by atoms with Gasteiger partial charge in [-0.25, -0.2) is 17.6 Å². The summed E-state index contributed by atoms with van der Waals surface area (Å²) in [5.74, 6) is -2.46. The number of nitrogens with zero attached hydrogens (tertiary/aromatic N) is 1. The Balaban J connectivity index is 1.68. The number of esters is 1. The number of ether oxygens (including phenoxy) is 2. The number of aryl methyl sites for hydroxylation is 2. The van der Waals surface area contributed by atoms with E-state index in [2.05, 4.69) is 5.32 Å². The van der Waals surface area contributed by atoms with Crippen molar-refractivity contribution in [1.29, 1.82) is 0 Å². The van der Waals surface area contributed by atoms with Gasteiger partial charge in [0.15, 0.2) is 6.61 Å². The highest BCUT2D eigenvalue weighted by atomic mass is 32.2. The maximum atomic E-state index is 14.3. The molecule has 0 spiro atoms. The van der Waals surface area contributed by atoms with E-state index in [-0.39, 0.29) is 31.9 Å². The van der Waals surface area contributed by atoms with Crippen molar-refractivity contribution in [2.45, 2.75) is 18.7 Å². The van der Waals surface area contributed by atoms with Gasteiger partial charge >= 0.3 is 5.97 Å². The molecular formula is C21H23FN2O6S. The van der Waals surface area contributed by atoms with Crippen molar-refractivity contribution in [3.63, 3.8) is 0 Å². The Morgan fingerprint density at radius 1 is 1.13 bits per heavy atom. The van der Waals surface area contributed by atoms with Gasteiger partial charge in [-0.05, 0) is 43.7 Å². The fraction of sp³-hybridized carbons (Fsp3) is 0.333. The van der Waals surface area contributed by atoms with E-state index < -0.39 is 39.2 Å². The van der Waals surface area contributed by atoms with Crippen molar-refractivity contribution in [3.8, 4) is 0 Å². The van der Waals surface area contributed by atoms with Crippen LogP contribution in [0.25, 0.3) is 0 Å². The summed E-state index contributed by atoms with van der Waals surface area (Å²) in [6.45, 7) is 3.79. The van der Waals surface area contributed by atoms with E-state index in [0.29, 0.717) is 5.69 Å². The molecule has 3 rings (SSSR count). The second kappa shape index (κ2) is 9.54. The van der Waals surface area contributed by atoms with Crippen molar-refractivity contribution in [2.75, 3.05) is 38.2 Å². The number of carbonyl (C=O) groups excluding carboxylic acids is 2. The predicted octanol–water partition coefficient (Wildman–Crippen LogP) is 2.26. The van der Waals surface area contributed by atoms with Gasteiger partial charge in [0.2, 0.25) is 10.0 Å². The Kier molecular flexibility index (Phi) is 7.04. The SMILES string of the molecule is Cc1ccc(NC(=O)COC(=O)c2ccc(F)c(S(=O)(=O)N3CCOCC3)c2)c(C)c1. The highest BCUT2D eigenvalue weighted by Gasteiger charge is 2.30. The van der Waals surface area contributed by atoms with Gasteiger partial charge in [-0.3, -0.25) is 4.79 Å². The summed E-state index contributed by atoms with van der Waals surface area (Å²) >= 11 is 0. The third-order valence-corrected chi connectivity index (χ3v) is 6.66. The first-order valence-electron chi connectivity index (χ1n) is 9.60. The van der Waals surface area contributed by atoms with Crippen LogP contribution < -0.4 is 5.32 Å². The lowest BCUT2D eigenvalue weighted by molar-refractivity contribution is -0.119. The van der Waals surface area contributed by atoms with E-state index in [9.17, 15) is 22.4 Å². The molecule has 2 aromatic carbocycles. The Morgan fingerprint density at radius 3 is 2.52 bits per heavy atom.